The normalized spacial score (nSPS) is 11.7. The molecule has 4 aromatic rings. The molecule has 200 valence electrons. The lowest BCUT2D eigenvalue weighted by Gasteiger charge is -2.25. The maximum Gasteiger partial charge on any atom is 0.324 e. The molecule has 0 bridgehead atoms. The number of hydrogen-bond acceptors (Lipinski definition) is 7. The van der Waals surface area contributed by atoms with Crippen LogP contribution in [0.1, 0.15) is 5.56 Å². The minimum absolute atomic E-state index is 0.121. The molecule has 10 nitrogen and oxygen atoms in total. The number of rotatable bonds is 10. The minimum atomic E-state index is -4.30. The molecule has 0 unspecified atom stereocenters. The van der Waals surface area contributed by atoms with Gasteiger partial charge in [0.05, 0.1) is 16.1 Å². The number of carboxylic acid groups (broad SMARTS) is 1. The number of aryl methyl sites for hydroxylation is 1. The average molecular weight is 577 g/mol. The van der Waals surface area contributed by atoms with Gasteiger partial charge >= 0.3 is 5.97 Å². The second kappa shape index (κ2) is 11.2. The Hall–Kier alpha value is -3.38. The zero-order valence-corrected chi connectivity index (χ0v) is 23.2. The van der Waals surface area contributed by atoms with Crippen LogP contribution >= 0.6 is 23.2 Å². The number of aromatic nitrogens is 3. The van der Waals surface area contributed by atoms with E-state index in [0.29, 0.717) is 22.6 Å². The van der Waals surface area contributed by atoms with E-state index in [0.717, 1.165) is 22.9 Å². The fraction of sp³-hybridized carbons (Fsp3) is 0.240. The van der Waals surface area contributed by atoms with Gasteiger partial charge in [0, 0.05) is 34.7 Å². The number of nitrogens with zero attached hydrogens (tertiary/aromatic N) is 5. The standard InChI is InChI=1S/C25H26Cl2N6O4S/c1-16-10-22-17(6-8-32(22)24-5-4-23(29-30-24)28-7-9-31(2)3)11-21(16)33(15-25(34)35)38(36,37)20-13-18(26)12-19(27)14-20/h4-6,8,10-14H,7,9,15H2,1-3H3,(H,28,29)(H,34,35). The molecule has 0 spiro atoms. The predicted octanol–water partition coefficient (Wildman–Crippen LogP) is 4.29. The van der Waals surface area contributed by atoms with Crippen molar-refractivity contribution >= 4 is 61.6 Å². The average Bonchev–Trinajstić information content (AvgIpc) is 3.24. The van der Waals surface area contributed by atoms with E-state index in [1.54, 1.807) is 31.3 Å². The minimum Gasteiger partial charge on any atom is -0.480 e. The molecule has 2 aromatic heterocycles. The van der Waals surface area contributed by atoms with Gasteiger partial charge in [-0.25, -0.2) is 8.42 Å². The molecule has 4 rings (SSSR count). The number of fused-ring (bicyclic) bond motifs is 1. The molecule has 0 saturated carbocycles. The first-order chi connectivity index (χ1) is 18.0. The Morgan fingerprint density at radius 1 is 1.05 bits per heavy atom. The zero-order chi connectivity index (χ0) is 27.6. The van der Waals surface area contributed by atoms with Crippen molar-refractivity contribution in [2.24, 2.45) is 0 Å². The second-order valence-corrected chi connectivity index (χ2v) is 11.6. The van der Waals surface area contributed by atoms with Crippen molar-refractivity contribution in [2.45, 2.75) is 11.8 Å². The molecule has 0 saturated heterocycles. The predicted molar refractivity (Wildman–Crippen MR) is 149 cm³/mol. The van der Waals surface area contributed by atoms with Gasteiger partial charge in [-0.3, -0.25) is 13.7 Å². The van der Waals surface area contributed by atoms with E-state index >= 15 is 0 Å². The number of anilines is 2. The topological polar surface area (TPSA) is 121 Å². The fourth-order valence-corrected chi connectivity index (χ4v) is 6.12. The molecule has 38 heavy (non-hydrogen) atoms. The summed E-state index contributed by atoms with van der Waals surface area (Å²) in [5, 5.41) is 22.2. The van der Waals surface area contributed by atoms with Gasteiger partial charge in [-0.15, -0.1) is 10.2 Å². The third-order valence-electron chi connectivity index (χ3n) is 5.74. The lowest BCUT2D eigenvalue weighted by molar-refractivity contribution is -0.135. The Kier molecular flexibility index (Phi) is 8.12. The van der Waals surface area contributed by atoms with Crippen LogP contribution in [-0.4, -0.2) is 72.9 Å². The summed E-state index contributed by atoms with van der Waals surface area (Å²) in [6.07, 6.45) is 1.80. The third-order valence-corrected chi connectivity index (χ3v) is 7.92. The zero-order valence-electron chi connectivity index (χ0n) is 20.9. The van der Waals surface area contributed by atoms with Gasteiger partial charge in [0.2, 0.25) is 0 Å². The molecule has 0 atom stereocenters. The molecule has 2 N–H and O–H groups in total. The Morgan fingerprint density at radius 3 is 2.37 bits per heavy atom. The highest BCUT2D eigenvalue weighted by molar-refractivity contribution is 7.92. The molecule has 0 aliphatic rings. The lowest BCUT2D eigenvalue weighted by atomic mass is 10.1. The van der Waals surface area contributed by atoms with Crippen molar-refractivity contribution < 1.29 is 18.3 Å². The third kappa shape index (κ3) is 6.02. The van der Waals surface area contributed by atoms with Crippen LogP contribution in [0.3, 0.4) is 0 Å². The largest absolute Gasteiger partial charge is 0.480 e. The van der Waals surface area contributed by atoms with Crippen molar-refractivity contribution in [1.82, 2.24) is 19.7 Å². The SMILES string of the molecule is Cc1cc2c(ccn2-c2ccc(NCCN(C)C)nn2)cc1N(CC(=O)O)S(=O)(=O)c1cc(Cl)cc(Cl)c1. The highest BCUT2D eigenvalue weighted by Crippen LogP contribution is 2.33. The van der Waals surface area contributed by atoms with Crippen molar-refractivity contribution in [3.8, 4) is 5.82 Å². The van der Waals surface area contributed by atoms with E-state index in [1.165, 1.54) is 18.2 Å². The first kappa shape index (κ1) is 27.6. The van der Waals surface area contributed by atoms with Crippen molar-refractivity contribution in [3.05, 3.63) is 70.3 Å². The van der Waals surface area contributed by atoms with Gasteiger partial charge < -0.3 is 15.3 Å². The fourth-order valence-electron chi connectivity index (χ4n) is 3.93. The summed E-state index contributed by atoms with van der Waals surface area (Å²) in [7, 11) is -0.324. The first-order valence-electron chi connectivity index (χ1n) is 11.5. The van der Waals surface area contributed by atoms with Crippen LogP contribution in [0, 0.1) is 6.92 Å². The summed E-state index contributed by atoms with van der Waals surface area (Å²) in [6, 6.07) is 12.8. The van der Waals surface area contributed by atoms with Crippen LogP contribution in [0.2, 0.25) is 10.0 Å². The van der Waals surface area contributed by atoms with E-state index in [-0.39, 0.29) is 20.6 Å². The second-order valence-electron chi connectivity index (χ2n) is 8.90. The Labute approximate surface area is 230 Å². The van der Waals surface area contributed by atoms with E-state index in [4.69, 9.17) is 23.2 Å². The van der Waals surface area contributed by atoms with Crippen LogP contribution in [0.5, 0.6) is 0 Å². The van der Waals surface area contributed by atoms with Gasteiger partial charge in [0.1, 0.15) is 12.4 Å². The Balaban J connectivity index is 1.71. The van der Waals surface area contributed by atoms with Crippen LogP contribution < -0.4 is 9.62 Å². The van der Waals surface area contributed by atoms with E-state index in [9.17, 15) is 18.3 Å². The number of halogens is 2. The lowest BCUT2D eigenvalue weighted by Crippen LogP contribution is -2.36. The Morgan fingerprint density at radius 2 is 1.76 bits per heavy atom. The summed E-state index contributed by atoms with van der Waals surface area (Å²) >= 11 is 12.1. The number of hydrogen-bond donors (Lipinski definition) is 2. The van der Waals surface area contributed by atoms with Gasteiger partial charge in [0.25, 0.3) is 10.0 Å². The van der Waals surface area contributed by atoms with E-state index < -0.39 is 22.5 Å². The molecular formula is C25H26Cl2N6O4S. The Bertz CT molecular complexity index is 1570. The summed E-state index contributed by atoms with van der Waals surface area (Å²) < 4.78 is 29.8. The first-order valence-corrected chi connectivity index (χ1v) is 13.7. The monoisotopic (exact) mass is 576 g/mol. The summed E-state index contributed by atoms with van der Waals surface area (Å²) in [6.45, 7) is 2.51. The molecule has 0 aliphatic carbocycles. The van der Waals surface area contributed by atoms with Gasteiger partial charge in [-0.1, -0.05) is 23.2 Å². The summed E-state index contributed by atoms with van der Waals surface area (Å²) in [5.41, 5.74) is 1.53. The smallest absolute Gasteiger partial charge is 0.324 e. The highest BCUT2D eigenvalue weighted by Gasteiger charge is 2.29. The number of benzene rings is 2. The van der Waals surface area contributed by atoms with E-state index in [1.807, 2.05) is 30.8 Å². The molecule has 0 amide bonds. The van der Waals surface area contributed by atoms with E-state index in [2.05, 4.69) is 20.4 Å². The number of carboxylic acids is 1. The number of carbonyl (C=O) groups is 1. The maximum atomic E-state index is 13.5. The molecular weight excluding hydrogens is 551 g/mol. The van der Waals surface area contributed by atoms with Gasteiger partial charge in [0.15, 0.2) is 5.82 Å². The van der Waals surface area contributed by atoms with Crippen LogP contribution in [0.4, 0.5) is 11.5 Å². The number of nitrogens with one attached hydrogen (secondary N) is 1. The van der Waals surface area contributed by atoms with Crippen LogP contribution in [0.25, 0.3) is 16.7 Å². The van der Waals surface area contributed by atoms with Crippen molar-refractivity contribution in [2.75, 3.05) is 43.4 Å². The van der Waals surface area contributed by atoms with Gasteiger partial charge in [-0.2, -0.15) is 0 Å². The molecule has 13 heteroatoms. The summed E-state index contributed by atoms with van der Waals surface area (Å²) in [4.78, 5) is 13.6. The number of likely N-dealkylation sites (N-methyl/N-ethyl adjacent to an activating group) is 1. The molecule has 0 radical (unpaired) electrons. The van der Waals surface area contributed by atoms with Gasteiger partial charge in [-0.05, 0) is 75.1 Å². The molecule has 0 fully saturated rings. The number of sulfonamides is 1. The molecule has 2 aromatic carbocycles. The molecule has 2 heterocycles. The highest BCUT2D eigenvalue weighted by atomic mass is 35.5. The van der Waals surface area contributed by atoms with Crippen molar-refractivity contribution in [1.29, 1.82) is 0 Å². The quantitative estimate of drug-likeness (QED) is 0.287. The van der Waals surface area contributed by atoms with Crippen LogP contribution in [0.15, 0.2) is 59.6 Å². The molecule has 0 aliphatic heterocycles. The van der Waals surface area contributed by atoms with Crippen LogP contribution in [-0.2, 0) is 14.8 Å². The number of aliphatic carboxylic acids is 1. The summed E-state index contributed by atoms with van der Waals surface area (Å²) in [5.74, 6) is -0.0802. The maximum absolute atomic E-state index is 13.5. The van der Waals surface area contributed by atoms with Crippen molar-refractivity contribution in [3.63, 3.8) is 0 Å².